The number of ether oxygens (including phenoxy) is 1. The topological polar surface area (TPSA) is 25.8 Å². The fourth-order valence-corrected chi connectivity index (χ4v) is 2.36. The Morgan fingerprint density at radius 1 is 1.27 bits per heavy atom. The van der Waals surface area contributed by atoms with Crippen LogP contribution in [0.1, 0.15) is 31.2 Å². The first-order valence-corrected chi connectivity index (χ1v) is 5.85. The van der Waals surface area contributed by atoms with Crippen molar-refractivity contribution in [2.45, 2.75) is 38.3 Å². The molecule has 2 rings (SSSR count). The fraction of sp³-hybridized carbons (Fsp3) is 0.538. The first kappa shape index (κ1) is 10.5. The highest BCUT2D eigenvalue weighted by atomic mass is 16.5. The van der Waals surface area contributed by atoms with Crippen LogP contribution in [0, 0.1) is 0 Å². The lowest BCUT2D eigenvalue weighted by atomic mass is 10.1. The summed E-state index contributed by atoms with van der Waals surface area (Å²) in [5.41, 5.74) is 1.31. The molecule has 0 aliphatic heterocycles. The molecule has 1 fully saturated rings. The van der Waals surface area contributed by atoms with Gasteiger partial charge in [0.2, 0.25) is 0 Å². The summed E-state index contributed by atoms with van der Waals surface area (Å²) < 4.78 is 5.34. The molecule has 0 spiro atoms. The predicted molar refractivity (Wildman–Crippen MR) is 60.9 cm³/mol. The van der Waals surface area contributed by atoms with Gasteiger partial charge in [-0.25, -0.2) is 0 Å². The van der Waals surface area contributed by atoms with Crippen LogP contribution in [0.5, 0.6) is 5.75 Å². The molecular weight excluding hydrogens is 186 g/mol. The average Bonchev–Trinajstić information content (AvgIpc) is 2.79. The average molecular weight is 206 g/mol. The Hall–Kier alpha value is -1.02. The van der Waals surface area contributed by atoms with Crippen LogP contribution in [0.15, 0.2) is 24.3 Å². The Balaban J connectivity index is 1.91. The van der Waals surface area contributed by atoms with Gasteiger partial charge in [0.15, 0.2) is 0 Å². The second-order valence-electron chi connectivity index (χ2n) is 4.30. The number of quaternary nitrogens is 1. The Kier molecular flexibility index (Phi) is 3.62. The van der Waals surface area contributed by atoms with Crippen molar-refractivity contribution in [3.63, 3.8) is 0 Å². The van der Waals surface area contributed by atoms with Gasteiger partial charge in [0.1, 0.15) is 12.3 Å². The second kappa shape index (κ2) is 5.17. The lowest BCUT2D eigenvalue weighted by molar-refractivity contribution is -0.703. The summed E-state index contributed by atoms with van der Waals surface area (Å²) in [7, 11) is 1.74. The molecule has 0 heterocycles. The monoisotopic (exact) mass is 206 g/mol. The van der Waals surface area contributed by atoms with E-state index in [0.29, 0.717) is 0 Å². The summed E-state index contributed by atoms with van der Waals surface area (Å²) in [5, 5.41) is 2.46. The van der Waals surface area contributed by atoms with Gasteiger partial charge in [-0.05, 0) is 37.8 Å². The SMILES string of the molecule is COc1ccccc1C[NH2+]C1CCCC1. The molecule has 2 N–H and O–H groups in total. The number of nitrogens with two attached hydrogens (primary N) is 1. The van der Waals surface area contributed by atoms with Crippen molar-refractivity contribution in [2.75, 3.05) is 7.11 Å². The molecule has 0 saturated heterocycles. The molecule has 0 aromatic heterocycles. The van der Waals surface area contributed by atoms with Crippen molar-refractivity contribution in [1.82, 2.24) is 0 Å². The molecule has 15 heavy (non-hydrogen) atoms. The normalized spacial score (nSPS) is 16.9. The van der Waals surface area contributed by atoms with Gasteiger partial charge in [0.25, 0.3) is 0 Å². The van der Waals surface area contributed by atoms with Crippen LogP contribution in [-0.2, 0) is 6.54 Å². The van der Waals surface area contributed by atoms with Crippen molar-refractivity contribution < 1.29 is 10.1 Å². The molecule has 0 amide bonds. The van der Waals surface area contributed by atoms with E-state index in [4.69, 9.17) is 4.74 Å². The predicted octanol–water partition coefficient (Wildman–Crippen LogP) is 1.70. The molecule has 2 nitrogen and oxygen atoms in total. The van der Waals surface area contributed by atoms with Crippen LogP contribution in [0.2, 0.25) is 0 Å². The lowest BCUT2D eigenvalue weighted by Crippen LogP contribution is -2.87. The van der Waals surface area contributed by atoms with Gasteiger partial charge in [-0.1, -0.05) is 12.1 Å². The number of hydrogen-bond donors (Lipinski definition) is 1. The maximum atomic E-state index is 5.34. The number of rotatable bonds is 4. The minimum Gasteiger partial charge on any atom is -0.496 e. The van der Waals surface area contributed by atoms with E-state index in [1.807, 2.05) is 12.1 Å². The first-order chi connectivity index (χ1) is 7.40. The zero-order valence-electron chi connectivity index (χ0n) is 9.41. The van der Waals surface area contributed by atoms with Gasteiger partial charge >= 0.3 is 0 Å². The van der Waals surface area contributed by atoms with Crippen LogP contribution in [0.4, 0.5) is 0 Å². The molecule has 0 bridgehead atoms. The summed E-state index contributed by atoms with van der Waals surface area (Å²) in [5.74, 6) is 1.02. The molecule has 1 aliphatic rings. The molecule has 2 heteroatoms. The zero-order valence-corrected chi connectivity index (χ0v) is 9.41. The maximum Gasteiger partial charge on any atom is 0.127 e. The van der Waals surface area contributed by atoms with Crippen LogP contribution in [0.3, 0.4) is 0 Å². The number of methoxy groups -OCH3 is 1. The van der Waals surface area contributed by atoms with E-state index in [1.54, 1.807) is 7.11 Å². The Morgan fingerprint density at radius 2 is 2.00 bits per heavy atom. The van der Waals surface area contributed by atoms with Crippen LogP contribution in [0.25, 0.3) is 0 Å². The van der Waals surface area contributed by atoms with Crippen molar-refractivity contribution >= 4 is 0 Å². The summed E-state index contributed by atoms with van der Waals surface area (Å²) >= 11 is 0. The fourth-order valence-electron chi connectivity index (χ4n) is 2.36. The molecule has 82 valence electrons. The Bertz CT molecular complexity index is 305. The van der Waals surface area contributed by atoms with Crippen molar-refractivity contribution in [1.29, 1.82) is 0 Å². The molecule has 1 saturated carbocycles. The van der Waals surface area contributed by atoms with E-state index in [2.05, 4.69) is 17.4 Å². The number of benzene rings is 1. The van der Waals surface area contributed by atoms with Gasteiger partial charge < -0.3 is 10.1 Å². The van der Waals surface area contributed by atoms with E-state index in [1.165, 1.54) is 31.2 Å². The summed E-state index contributed by atoms with van der Waals surface area (Å²) in [4.78, 5) is 0. The Morgan fingerprint density at radius 3 is 2.73 bits per heavy atom. The van der Waals surface area contributed by atoms with Gasteiger partial charge in [0.05, 0.1) is 13.2 Å². The van der Waals surface area contributed by atoms with Crippen molar-refractivity contribution in [3.8, 4) is 5.75 Å². The smallest absolute Gasteiger partial charge is 0.127 e. The summed E-state index contributed by atoms with van der Waals surface area (Å²) in [6.07, 6.45) is 5.59. The largest absolute Gasteiger partial charge is 0.496 e. The van der Waals surface area contributed by atoms with Crippen LogP contribution < -0.4 is 10.1 Å². The third kappa shape index (κ3) is 2.72. The quantitative estimate of drug-likeness (QED) is 0.797. The molecule has 1 aliphatic carbocycles. The number of hydrogen-bond acceptors (Lipinski definition) is 1. The van der Waals surface area contributed by atoms with E-state index < -0.39 is 0 Å². The molecule has 0 atom stereocenters. The zero-order chi connectivity index (χ0) is 10.5. The maximum absolute atomic E-state index is 5.34. The molecule has 0 unspecified atom stereocenters. The second-order valence-corrected chi connectivity index (χ2v) is 4.30. The highest BCUT2D eigenvalue weighted by Crippen LogP contribution is 2.17. The minimum absolute atomic E-state index is 0.843. The van der Waals surface area contributed by atoms with E-state index >= 15 is 0 Å². The lowest BCUT2D eigenvalue weighted by Gasteiger charge is -2.10. The summed E-state index contributed by atoms with van der Waals surface area (Å²) in [6.45, 7) is 1.05. The van der Waals surface area contributed by atoms with E-state index in [0.717, 1.165) is 18.3 Å². The third-order valence-corrected chi connectivity index (χ3v) is 3.26. The van der Waals surface area contributed by atoms with Crippen LogP contribution >= 0.6 is 0 Å². The molecule has 1 aromatic rings. The van der Waals surface area contributed by atoms with Gasteiger partial charge in [-0.15, -0.1) is 0 Å². The molecule has 1 aromatic carbocycles. The highest BCUT2D eigenvalue weighted by molar-refractivity contribution is 5.32. The van der Waals surface area contributed by atoms with Crippen molar-refractivity contribution in [2.24, 2.45) is 0 Å². The summed E-state index contributed by atoms with van der Waals surface area (Å²) in [6, 6.07) is 9.15. The first-order valence-electron chi connectivity index (χ1n) is 5.85. The third-order valence-electron chi connectivity index (χ3n) is 3.26. The van der Waals surface area contributed by atoms with Gasteiger partial charge in [0, 0.05) is 5.56 Å². The standard InChI is InChI=1S/C13H19NO/c1-15-13-9-5-2-6-11(13)10-14-12-7-3-4-8-12/h2,5-6,9,12,14H,3-4,7-8,10H2,1H3/p+1. The van der Waals surface area contributed by atoms with E-state index in [-0.39, 0.29) is 0 Å². The van der Waals surface area contributed by atoms with Gasteiger partial charge in [-0.3, -0.25) is 0 Å². The van der Waals surface area contributed by atoms with Gasteiger partial charge in [-0.2, -0.15) is 0 Å². The minimum atomic E-state index is 0.843. The van der Waals surface area contributed by atoms with Crippen LogP contribution in [-0.4, -0.2) is 13.2 Å². The Labute approximate surface area is 91.6 Å². The highest BCUT2D eigenvalue weighted by Gasteiger charge is 2.17. The van der Waals surface area contributed by atoms with E-state index in [9.17, 15) is 0 Å². The van der Waals surface area contributed by atoms with Crippen molar-refractivity contribution in [3.05, 3.63) is 29.8 Å². The molecular formula is C13H20NO+. The number of para-hydroxylation sites is 1. The molecule has 0 radical (unpaired) electrons.